The highest BCUT2D eigenvalue weighted by atomic mass is 32.1. The van der Waals surface area contributed by atoms with E-state index in [-0.39, 0.29) is 12.4 Å². The van der Waals surface area contributed by atoms with Crippen LogP contribution in [0.3, 0.4) is 0 Å². The molecule has 5 nitrogen and oxygen atoms in total. The SMILES string of the molecule is COC(=O)c1ccc(CO/N=C/c2cccs2)o1. The molecule has 0 spiro atoms. The smallest absolute Gasteiger partial charge is 0.373 e. The van der Waals surface area contributed by atoms with Crippen LogP contribution in [0, 0.1) is 0 Å². The molecule has 0 bridgehead atoms. The van der Waals surface area contributed by atoms with Gasteiger partial charge in [-0.15, -0.1) is 11.3 Å². The fraction of sp³-hybridized carbons (Fsp3) is 0.167. The predicted octanol–water partition coefficient (Wildman–Crippen LogP) is 2.68. The van der Waals surface area contributed by atoms with Gasteiger partial charge in [-0.1, -0.05) is 11.2 Å². The minimum Gasteiger partial charge on any atom is -0.463 e. The van der Waals surface area contributed by atoms with Gasteiger partial charge in [0.1, 0.15) is 5.76 Å². The van der Waals surface area contributed by atoms with Gasteiger partial charge >= 0.3 is 5.97 Å². The van der Waals surface area contributed by atoms with Crippen molar-refractivity contribution in [2.75, 3.05) is 7.11 Å². The van der Waals surface area contributed by atoms with Crippen LogP contribution in [0.15, 0.2) is 39.2 Å². The number of carbonyl (C=O) groups excluding carboxylic acids is 1. The second kappa shape index (κ2) is 6.02. The Hall–Kier alpha value is -2.08. The maximum Gasteiger partial charge on any atom is 0.373 e. The molecule has 0 aliphatic carbocycles. The Bertz CT molecular complexity index is 530. The van der Waals surface area contributed by atoms with Gasteiger partial charge in [0.15, 0.2) is 6.61 Å². The molecular weight excluding hydrogens is 254 g/mol. The quantitative estimate of drug-likeness (QED) is 0.473. The maximum atomic E-state index is 11.1. The van der Waals surface area contributed by atoms with Crippen molar-refractivity contribution in [2.45, 2.75) is 6.61 Å². The van der Waals surface area contributed by atoms with Crippen molar-refractivity contribution in [3.8, 4) is 0 Å². The molecule has 2 aromatic heterocycles. The fourth-order valence-corrected chi connectivity index (χ4v) is 1.80. The summed E-state index contributed by atoms with van der Waals surface area (Å²) in [6.45, 7) is 0.166. The van der Waals surface area contributed by atoms with Crippen LogP contribution in [0.25, 0.3) is 0 Å². The molecule has 0 amide bonds. The Labute approximate surface area is 108 Å². The van der Waals surface area contributed by atoms with Gasteiger partial charge in [-0.05, 0) is 23.6 Å². The molecule has 0 N–H and O–H groups in total. The van der Waals surface area contributed by atoms with Crippen molar-refractivity contribution in [3.05, 3.63) is 46.0 Å². The standard InChI is InChI=1S/C12H11NO4S/c1-15-12(14)11-5-4-9(17-11)8-16-13-7-10-3-2-6-18-10/h2-7H,8H2,1H3/b13-7+. The fourth-order valence-electron chi connectivity index (χ4n) is 1.22. The Kier molecular flexibility index (Phi) is 4.14. The molecule has 2 heterocycles. The third kappa shape index (κ3) is 3.21. The lowest BCUT2D eigenvalue weighted by Gasteiger charge is -1.95. The summed E-state index contributed by atoms with van der Waals surface area (Å²) in [5.74, 6) is 0.153. The molecule has 2 aromatic rings. The van der Waals surface area contributed by atoms with Crippen LogP contribution in [-0.4, -0.2) is 19.3 Å². The predicted molar refractivity (Wildman–Crippen MR) is 66.7 cm³/mol. The number of esters is 1. The second-order valence-electron chi connectivity index (χ2n) is 3.28. The molecule has 0 aliphatic heterocycles. The zero-order chi connectivity index (χ0) is 12.8. The van der Waals surface area contributed by atoms with E-state index in [1.165, 1.54) is 13.2 Å². The average Bonchev–Trinajstić information content (AvgIpc) is 3.05. The first-order chi connectivity index (χ1) is 8.79. The molecule has 0 atom stereocenters. The summed E-state index contributed by atoms with van der Waals surface area (Å²) >= 11 is 1.57. The lowest BCUT2D eigenvalue weighted by Crippen LogP contribution is -1.98. The van der Waals surface area contributed by atoms with Gasteiger partial charge in [0.2, 0.25) is 5.76 Å². The number of hydrogen-bond donors (Lipinski definition) is 0. The zero-order valence-electron chi connectivity index (χ0n) is 9.66. The molecule has 18 heavy (non-hydrogen) atoms. The Morgan fingerprint density at radius 2 is 2.39 bits per heavy atom. The van der Waals surface area contributed by atoms with Gasteiger partial charge < -0.3 is 14.0 Å². The lowest BCUT2D eigenvalue weighted by molar-refractivity contribution is 0.0553. The molecule has 0 fully saturated rings. The topological polar surface area (TPSA) is 61.0 Å². The average molecular weight is 265 g/mol. The number of furan rings is 1. The van der Waals surface area contributed by atoms with Crippen LogP contribution in [-0.2, 0) is 16.2 Å². The van der Waals surface area contributed by atoms with Gasteiger partial charge in [-0.25, -0.2) is 4.79 Å². The normalized spacial score (nSPS) is 10.7. The first-order valence-electron chi connectivity index (χ1n) is 5.15. The van der Waals surface area contributed by atoms with E-state index in [1.54, 1.807) is 23.6 Å². The number of carbonyl (C=O) groups is 1. The van der Waals surface area contributed by atoms with Gasteiger partial charge in [-0.3, -0.25) is 0 Å². The minimum absolute atomic E-state index is 0.151. The van der Waals surface area contributed by atoms with Gasteiger partial charge in [0.25, 0.3) is 0 Å². The summed E-state index contributed by atoms with van der Waals surface area (Å²) in [5.41, 5.74) is 0. The summed E-state index contributed by atoms with van der Waals surface area (Å²) in [4.78, 5) is 17.2. The maximum absolute atomic E-state index is 11.1. The van der Waals surface area contributed by atoms with Crippen LogP contribution in [0.2, 0.25) is 0 Å². The van der Waals surface area contributed by atoms with E-state index < -0.39 is 5.97 Å². The summed E-state index contributed by atoms with van der Waals surface area (Å²) in [5, 5.41) is 5.75. The monoisotopic (exact) mass is 265 g/mol. The van der Waals surface area contributed by atoms with E-state index in [0.29, 0.717) is 5.76 Å². The van der Waals surface area contributed by atoms with E-state index >= 15 is 0 Å². The van der Waals surface area contributed by atoms with Crippen molar-refractivity contribution >= 4 is 23.5 Å². The molecule has 94 valence electrons. The van der Waals surface area contributed by atoms with Gasteiger partial charge in [0.05, 0.1) is 13.3 Å². The highest BCUT2D eigenvalue weighted by Gasteiger charge is 2.10. The molecule has 0 aromatic carbocycles. The van der Waals surface area contributed by atoms with Crippen molar-refractivity contribution in [2.24, 2.45) is 5.16 Å². The Morgan fingerprint density at radius 1 is 1.50 bits per heavy atom. The van der Waals surface area contributed by atoms with Crippen LogP contribution >= 0.6 is 11.3 Å². The molecule has 0 saturated heterocycles. The number of nitrogens with zero attached hydrogens (tertiary/aromatic N) is 1. The lowest BCUT2D eigenvalue weighted by atomic mass is 10.4. The molecule has 6 heteroatoms. The first-order valence-corrected chi connectivity index (χ1v) is 6.03. The van der Waals surface area contributed by atoms with Crippen molar-refractivity contribution in [1.82, 2.24) is 0 Å². The van der Waals surface area contributed by atoms with Crippen molar-refractivity contribution < 1.29 is 18.8 Å². The van der Waals surface area contributed by atoms with E-state index in [9.17, 15) is 4.79 Å². The highest BCUT2D eigenvalue weighted by molar-refractivity contribution is 7.11. The third-order valence-corrected chi connectivity index (χ3v) is 2.86. The minimum atomic E-state index is -0.511. The number of methoxy groups -OCH3 is 1. The Balaban J connectivity index is 1.83. The first kappa shape index (κ1) is 12.4. The third-order valence-electron chi connectivity index (χ3n) is 2.05. The molecule has 2 rings (SSSR count). The van der Waals surface area contributed by atoms with E-state index in [2.05, 4.69) is 9.89 Å². The summed E-state index contributed by atoms with van der Waals surface area (Å²) < 4.78 is 9.73. The number of ether oxygens (including phenoxy) is 1. The molecule has 0 aliphatic rings. The highest BCUT2D eigenvalue weighted by Crippen LogP contribution is 2.10. The van der Waals surface area contributed by atoms with E-state index in [0.717, 1.165) is 4.88 Å². The van der Waals surface area contributed by atoms with E-state index in [4.69, 9.17) is 9.25 Å². The van der Waals surface area contributed by atoms with Gasteiger partial charge in [0, 0.05) is 4.88 Å². The van der Waals surface area contributed by atoms with Crippen molar-refractivity contribution in [3.63, 3.8) is 0 Å². The summed E-state index contributed by atoms with van der Waals surface area (Å²) in [7, 11) is 1.30. The van der Waals surface area contributed by atoms with Crippen LogP contribution < -0.4 is 0 Å². The van der Waals surface area contributed by atoms with Gasteiger partial charge in [-0.2, -0.15) is 0 Å². The Morgan fingerprint density at radius 3 is 3.11 bits per heavy atom. The van der Waals surface area contributed by atoms with Crippen LogP contribution in [0.4, 0.5) is 0 Å². The second-order valence-corrected chi connectivity index (χ2v) is 4.26. The number of thiophene rings is 1. The number of oxime groups is 1. The summed E-state index contributed by atoms with van der Waals surface area (Å²) in [6, 6.07) is 7.04. The molecule has 0 radical (unpaired) electrons. The van der Waals surface area contributed by atoms with Crippen molar-refractivity contribution in [1.29, 1.82) is 0 Å². The molecular formula is C12H11NO4S. The summed E-state index contributed by atoms with van der Waals surface area (Å²) in [6.07, 6.45) is 1.62. The van der Waals surface area contributed by atoms with Crippen LogP contribution in [0.5, 0.6) is 0 Å². The largest absolute Gasteiger partial charge is 0.463 e. The zero-order valence-corrected chi connectivity index (χ0v) is 10.5. The number of rotatable bonds is 5. The number of hydrogen-bond acceptors (Lipinski definition) is 6. The van der Waals surface area contributed by atoms with E-state index in [1.807, 2.05) is 17.5 Å². The molecule has 0 unspecified atom stereocenters. The van der Waals surface area contributed by atoms with Crippen LogP contribution in [0.1, 0.15) is 21.2 Å². The molecule has 0 saturated carbocycles.